The molecule has 0 atom stereocenters. The van der Waals surface area contributed by atoms with Gasteiger partial charge in [-0.2, -0.15) is 5.26 Å². The zero-order valence-corrected chi connectivity index (χ0v) is 11.8. The molecule has 0 amide bonds. The lowest BCUT2D eigenvalue weighted by Gasteiger charge is -2.26. The van der Waals surface area contributed by atoms with Gasteiger partial charge >= 0.3 is 5.97 Å². The summed E-state index contributed by atoms with van der Waals surface area (Å²) in [7, 11) is 0. The molecule has 2 aromatic carbocycles. The predicted octanol–water partition coefficient (Wildman–Crippen LogP) is 3.75. The third-order valence-electron chi connectivity index (χ3n) is 3.25. The first-order chi connectivity index (χ1) is 10.1. The Labute approximate surface area is 123 Å². The molecule has 0 aliphatic rings. The molecule has 0 aliphatic carbocycles. The maximum Gasteiger partial charge on any atom is 0.335 e. The molecule has 0 heterocycles. The largest absolute Gasteiger partial charge is 0.478 e. The van der Waals surface area contributed by atoms with Crippen molar-refractivity contribution in [2.45, 2.75) is 13.3 Å². The van der Waals surface area contributed by atoms with Crippen LogP contribution < -0.4 is 4.90 Å². The monoisotopic (exact) mass is 280 g/mol. The fraction of sp³-hybridized carbons (Fsp3) is 0.176. The number of rotatable bonds is 5. The first-order valence-electron chi connectivity index (χ1n) is 6.67. The van der Waals surface area contributed by atoms with Gasteiger partial charge in [-0.1, -0.05) is 18.2 Å². The number of aryl methyl sites for hydroxylation is 1. The van der Waals surface area contributed by atoms with Crippen LogP contribution in [0.5, 0.6) is 0 Å². The van der Waals surface area contributed by atoms with Crippen LogP contribution in [0.4, 0.5) is 11.4 Å². The van der Waals surface area contributed by atoms with Crippen LogP contribution in [0, 0.1) is 18.3 Å². The van der Waals surface area contributed by atoms with E-state index >= 15 is 0 Å². The second kappa shape index (κ2) is 6.58. The molecule has 4 nitrogen and oxygen atoms in total. The third kappa shape index (κ3) is 3.40. The van der Waals surface area contributed by atoms with Gasteiger partial charge in [0.05, 0.1) is 18.1 Å². The van der Waals surface area contributed by atoms with Gasteiger partial charge in [0.15, 0.2) is 0 Å². The fourth-order valence-corrected chi connectivity index (χ4v) is 2.25. The van der Waals surface area contributed by atoms with E-state index in [1.54, 1.807) is 18.2 Å². The third-order valence-corrected chi connectivity index (χ3v) is 3.25. The van der Waals surface area contributed by atoms with Crippen molar-refractivity contribution >= 4 is 17.3 Å². The SMILES string of the molecule is Cc1cc(C(=O)O)ccc1N(CCC#N)c1ccccc1. The Bertz CT molecular complexity index is 675. The first kappa shape index (κ1) is 14.6. The molecule has 0 aromatic heterocycles. The Morgan fingerprint density at radius 2 is 1.95 bits per heavy atom. The summed E-state index contributed by atoms with van der Waals surface area (Å²) in [6, 6.07) is 17.0. The molecule has 0 spiro atoms. The molecule has 0 saturated heterocycles. The molecule has 2 aromatic rings. The first-order valence-corrected chi connectivity index (χ1v) is 6.67. The van der Waals surface area contributed by atoms with Gasteiger partial charge in [0, 0.05) is 17.9 Å². The van der Waals surface area contributed by atoms with Crippen molar-refractivity contribution in [1.82, 2.24) is 0 Å². The summed E-state index contributed by atoms with van der Waals surface area (Å²) in [4.78, 5) is 13.1. The van der Waals surface area contributed by atoms with Crippen molar-refractivity contribution in [3.63, 3.8) is 0 Å². The van der Waals surface area contributed by atoms with Crippen LogP contribution >= 0.6 is 0 Å². The standard InChI is InChI=1S/C17H16N2O2/c1-13-12-14(17(20)21)8-9-16(13)19(11-5-10-18)15-6-3-2-4-7-15/h2-4,6-9,12H,5,11H2,1H3,(H,20,21). The molecule has 0 radical (unpaired) electrons. The second-order valence-electron chi connectivity index (χ2n) is 4.70. The minimum Gasteiger partial charge on any atom is -0.478 e. The number of aromatic carboxylic acids is 1. The average molecular weight is 280 g/mol. The number of anilines is 2. The highest BCUT2D eigenvalue weighted by Gasteiger charge is 2.13. The summed E-state index contributed by atoms with van der Waals surface area (Å²) in [5.41, 5.74) is 3.04. The van der Waals surface area contributed by atoms with Crippen LogP contribution in [0.2, 0.25) is 0 Å². The molecular weight excluding hydrogens is 264 g/mol. The van der Waals surface area contributed by atoms with E-state index in [0.29, 0.717) is 13.0 Å². The predicted molar refractivity (Wildman–Crippen MR) is 81.8 cm³/mol. The van der Waals surface area contributed by atoms with Crippen molar-refractivity contribution in [2.75, 3.05) is 11.4 Å². The van der Waals surface area contributed by atoms with Gasteiger partial charge in [0.25, 0.3) is 0 Å². The molecule has 2 rings (SSSR count). The number of carboxylic acid groups (broad SMARTS) is 1. The lowest BCUT2D eigenvalue weighted by molar-refractivity contribution is 0.0697. The van der Waals surface area contributed by atoms with E-state index in [1.807, 2.05) is 42.2 Å². The number of hydrogen-bond acceptors (Lipinski definition) is 3. The van der Waals surface area contributed by atoms with Gasteiger partial charge in [-0.25, -0.2) is 4.79 Å². The lowest BCUT2D eigenvalue weighted by Crippen LogP contribution is -2.19. The van der Waals surface area contributed by atoms with Crippen LogP contribution in [-0.4, -0.2) is 17.6 Å². The maximum atomic E-state index is 11.0. The van der Waals surface area contributed by atoms with Crippen molar-refractivity contribution in [3.8, 4) is 6.07 Å². The molecule has 0 saturated carbocycles. The Balaban J connectivity index is 2.42. The fourth-order valence-electron chi connectivity index (χ4n) is 2.25. The normalized spacial score (nSPS) is 9.90. The van der Waals surface area contributed by atoms with Gasteiger partial charge in [-0.05, 0) is 42.8 Å². The zero-order valence-electron chi connectivity index (χ0n) is 11.8. The minimum absolute atomic E-state index is 0.268. The molecule has 4 heteroatoms. The highest BCUT2D eigenvalue weighted by Crippen LogP contribution is 2.29. The number of para-hydroxylation sites is 1. The van der Waals surface area contributed by atoms with Crippen molar-refractivity contribution in [1.29, 1.82) is 5.26 Å². The number of nitrogens with zero attached hydrogens (tertiary/aromatic N) is 2. The van der Waals surface area contributed by atoms with Crippen LogP contribution in [0.15, 0.2) is 48.5 Å². The second-order valence-corrected chi connectivity index (χ2v) is 4.70. The molecule has 0 aliphatic heterocycles. The van der Waals surface area contributed by atoms with E-state index in [9.17, 15) is 4.79 Å². The number of nitriles is 1. The molecule has 21 heavy (non-hydrogen) atoms. The maximum absolute atomic E-state index is 11.0. The zero-order chi connectivity index (χ0) is 15.2. The van der Waals surface area contributed by atoms with E-state index in [0.717, 1.165) is 16.9 Å². The molecule has 0 bridgehead atoms. The molecule has 1 N–H and O–H groups in total. The van der Waals surface area contributed by atoms with Crippen LogP contribution in [-0.2, 0) is 0 Å². The number of carboxylic acids is 1. The quantitative estimate of drug-likeness (QED) is 0.906. The molecule has 0 unspecified atom stereocenters. The lowest BCUT2D eigenvalue weighted by atomic mass is 10.1. The van der Waals surface area contributed by atoms with Crippen LogP contribution in [0.1, 0.15) is 22.3 Å². The Kier molecular flexibility index (Phi) is 4.57. The van der Waals surface area contributed by atoms with Crippen molar-refractivity contribution in [2.24, 2.45) is 0 Å². The molecule has 0 fully saturated rings. The van der Waals surface area contributed by atoms with Crippen LogP contribution in [0.3, 0.4) is 0 Å². The van der Waals surface area contributed by atoms with E-state index in [2.05, 4.69) is 6.07 Å². The number of hydrogen-bond donors (Lipinski definition) is 1. The topological polar surface area (TPSA) is 64.3 Å². The summed E-state index contributed by atoms with van der Waals surface area (Å²) in [6.07, 6.45) is 0.398. The van der Waals surface area contributed by atoms with Crippen molar-refractivity contribution in [3.05, 3.63) is 59.7 Å². The van der Waals surface area contributed by atoms with E-state index in [4.69, 9.17) is 10.4 Å². The summed E-state index contributed by atoms with van der Waals surface area (Å²) in [5.74, 6) is -0.937. The van der Waals surface area contributed by atoms with Gasteiger partial charge < -0.3 is 10.0 Å². The molecule has 106 valence electrons. The number of carbonyl (C=O) groups is 1. The van der Waals surface area contributed by atoms with Gasteiger partial charge in [-0.15, -0.1) is 0 Å². The Morgan fingerprint density at radius 3 is 2.52 bits per heavy atom. The molecular formula is C17H16N2O2. The van der Waals surface area contributed by atoms with E-state index in [-0.39, 0.29) is 5.56 Å². The highest BCUT2D eigenvalue weighted by atomic mass is 16.4. The minimum atomic E-state index is -0.937. The Morgan fingerprint density at radius 1 is 1.24 bits per heavy atom. The van der Waals surface area contributed by atoms with Gasteiger partial charge in [-0.3, -0.25) is 0 Å². The van der Waals surface area contributed by atoms with Gasteiger partial charge in [0.1, 0.15) is 0 Å². The highest BCUT2D eigenvalue weighted by molar-refractivity contribution is 5.88. The average Bonchev–Trinajstić information content (AvgIpc) is 2.50. The summed E-state index contributed by atoms with van der Waals surface area (Å²) < 4.78 is 0. The summed E-state index contributed by atoms with van der Waals surface area (Å²) in [6.45, 7) is 2.44. The smallest absolute Gasteiger partial charge is 0.335 e. The van der Waals surface area contributed by atoms with Crippen LogP contribution in [0.25, 0.3) is 0 Å². The van der Waals surface area contributed by atoms with Crippen molar-refractivity contribution < 1.29 is 9.90 Å². The van der Waals surface area contributed by atoms with E-state index in [1.165, 1.54) is 0 Å². The summed E-state index contributed by atoms with van der Waals surface area (Å²) in [5, 5.41) is 17.9. The van der Waals surface area contributed by atoms with E-state index < -0.39 is 5.97 Å². The van der Waals surface area contributed by atoms with Gasteiger partial charge in [0.2, 0.25) is 0 Å². The Hall–Kier alpha value is -2.80. The summed E-state index contributed by atoms with van der Waals surface area (Å²) >= 11 is 0. The number of benzene rings is 2.